The number of nitrogens with one attached hydrogen (secondary N) is 2. The molecule has 0 radical (unpaired) electrons. The Kier molecular flexibility index (Phi) is 6.03. The number of anilines is 2. The van der Waals surface area contributed by atoms with Gasteiger partial charge in [0.25, 0.3) is 0 Å². The third-order valence-corrected chi connectivity index (χ3v) is 11.4. The fourth-order valence-corrected chi connectivity index (χ4v) is 9.75. The molecule has 0 saturated heterocycles. The number of aromatic nitrogens is 1. The molecule has 0 spiro atoms. The number of hydrogen-bond donors (Lipinski definition) is 3. The molecule has 37 heavy (non-hydrogen) atoms. The molecule has 7 heteroatoms. The van der Waals surface area contributed by atoms with Gasteiger partial charge in [0.05, 0.1) is 10.6 Å². The molecular weight excluding hydrogens is 494 g/mol. The smallest absolute Gasteiger partial charge is 0.187 e. The molecule has 5 nitrogen and oxygen atoms in total. The van der Waals surface area contributed by atoms with Gasteiger partial charge in [0.2, 0.25) is 0 Å². The van der Waals surface area contributed by atoms with Crippen LogP contribution in [0.15, 0.2) is 23.3 Å². The summed E-state index contributed by atoms with van der Waals surface area (Å²) in [6.45, 7) is 11.5. The van der Waals surface area contributed by atoms with E-state index < -0.39 is 0 Å². The van der Waals surface area contributed by atoms with Gasteiger partial charge in [-0.2, -0.15) is 5.10 Å². The highest BCUT2D eigenvalue weighted by Crippen LogP contribution is 2.65. The van der Waals surface area contributed by atoms with Crippen molar-refractivity contribution >= 4 is 50.8 Å². The molecule has 6 rings (SSSR count). The van der Waals surface area contributed by atoms with Gasteiger partial charge in [-0.1, -0.05) is 49.0 Å². The third kappa shape index (κ3) is 3.95. The first-order valence-electron chi connectivity index (χ1n) is 13.8. The molecule has 1 heterocycles. The van der Waals surface area contributed by atoms with Gasteiger partial charge in [0.1, 0.15) is 0 Å². The average Bonchev–Trinajstić information content (AvgIpc) is 3.39. The van der Waals surface area contributed by atoms with E-state index in [-0.39, 0.29) is 15.9 Å². The average molecular weight is 534 g/mol. The Balaban J connectivity index is 1.29. The zero-order valence-corrected chi connectivity index (χ0v) is 24.3. The first-order chi connectivity index (χ1) is 17.6. The molecule has 0 amide bonds. The van der Waals surface area contributed by atoms with Crippen molar-refractivity contribution in [2.24, 2.45) is 39.4 Å². The van der Waals surface area contributed by atoms with Crippen LogP contribution in [-0.4, -0.2) is 15.8 Å². The highest BCUT2D eigenvalue weighted by atomic mass is 32.1. The van der Waals surface area contributed by atoms with Gasteiger partial charge in [-0.3, -0.25) is 5.43 Å². The summed E-state index contributed by atoms with van der Waals surface area (Å²) >= 11 is 6.88. The second-order valence-electron chi connectivity index (χ2n) is 12.4. The van der Waals surface area contributed by atoms with Gasteiger partial charge in [-0.05, 0) is 118 Å². The number of rotatable bonds is 3. The van der Waals surface area contributed by atoms with Crippen molar-refractivity contribution in [3.63, 3.8) is 0 Å². The van der Waals surface area contributed by atoms with Gasteiger partial charge in [0.15, 0.2) is 10.2 Å². The Morgan fingerprint density at radius 2 is 1.81 bits per heavy atom. The quantitative estimate of drug-likeness (QED) is 0.288. The molecule has 2 fully saturated rings. The van der Waals surface area contributed by atoms with Crippen molar-refractivity contribution in [2.45, 2.75) is 79.6 Å². The molecular formula is C30H39N5S2. The minimum Gasteiger partial charge on any atom is -0.375 e. The van der Waals surface area contributed by atoms with E-state index in [0.717, 1.165) is 29.8 Å². The van der Waals surface area contributed by atoms with Crippen LogP contribution >= 0.6 is 23.6 Å². The third-order valence-electron chi connectivity index (χ3n) is 10.2. The van der Waals surface area contributed by atoms with Crippen LogP contribution in [0.3, 0.4) is 0 Å². The number of hydrazone groups is 1. The molecule has 4 aliphatic rings. The van der Waals surface area contributed by atoms with Gasteiger partial charge in [-0.15, -0.1) is 0 Å². The number of benzene rings is 1. The standard InChI is InChI=1S/C30H39N5S2/c1-16-14-17(2)25(18(3)15-16)33-28-32-23-11-13-29(4)21-10-12-30(5)20(8-9-24(30)34-35-27(31)36)19(21)6-7-22(29)26(23)37-28/h7,14-15,19-21H,6,8-13H2,1-5H3,(H,32,33)(H3,31,35,36)/b34-24+/t19-,20-,21-,29+,30-/m0/s1. The number of hydrogen-bond acceptors (Lipinski definition) is 5. The molecule has 0 bridgehead atoms. The topological polar surface area (TPSA) is 75.3 Å². The summed E-state index contributed by atoms with van der Waals surface area (Å²) in [5, 5.41) is 9.66. The molecule has 5 atom stereocenters. The fraction of sp³-hybridized carbons (Fsp3) is 0.567. The van der Waals surface area contributed by atoms with Crippen molar-refractivity contribution in [1.29, 1.82) is 0 Å². The largest absolute Gasteiger partial charge is 0.375 e. The van der Waals surface area contributed by atoms with Crippen molar-refractivity contribution in [3.05, 3.63) is 45.5 Å². The summed E-state index contributed by atoms with van der Waals surface area (Å²) in [6, 6.07) is 4.50. The molecule has 196 valence electrons. The van der Waals surface area contributed by atoms with E-state index in [4.69, 9.17) is 22.9 Å². The Hall–Kier alpha value is -2.25. The number of aryl methyl sites for hydroxylation is 4. The van der Waals surface area contributed by atoms with E-state index in [1.807, 2.05) is 11.3 Å². The second kappa shape index (κ2) is 8.91. The summed E-state index contributed by atoms with van der Waals surface area (Å²) < 4.78 is 0. The predicted octanol–water partition coefficient (Wildman–Crippen LogP) is 7.18. The highest BCUT2D eigenvalue weighted by molar-refractivity contribution is 7.80. The predicted molar refractivity (Wildman–Crippen MR) is 159 cm³/mol. The number of thiocarbonyl (C=S) groups is 1. The molecule has 4 aliphatic carbocycles. The van der Waals surface area contributed by atoms with Gasteiger partial charge in [0, 0.05) is 16.8 Å². The molecule has 0 unspecified atom stereocenters. The fourth-order valence-electron chi connectivity index (χ4n) is 8.51. The molecule has 2 saturated carbocycles. The Morgan fingerprint density at radius 1 is 1.08 bits per heavy atom. The maximum Gasteiger partial charge on any atom is 0.187 e. The van der Waals surface area contributed by atoms with E-state index in [1.165, 1.54) is 70.8 Å². The Labute approximate surface area is 230 Å². The number of allylic oxidation sites excluding steroid dienone is 2. The second-order valence-corrected chi connectivity index (χ2v) is 13.8. The van der Waals surface area contributed by atoms with E-state index in [0.29, 0.717) is 5.92 Å². The van der Waals surface area contributed by atoms with Crippen LogP contribution in [0.5, 0.6) is 0 Å². The van der Waals surface area contributed by atoms with Crippen LogP contribution in [0.1, 0.15) is 79.6 Å². The monoisotopic (exact) mass is 533 g/mol. The summed E-state index contributed by atoms with van der Waals surface area (Å²) in [5.41, 5.74) is 18.2. The Bertz CT molecular complexity index is 1320. The number of thiazole rings is 1. The number of nitrogens with zero attached hydrogens (tertiary/aromatic N) is 2. The Morgan fingerprint density at radius 3 is 2.54 bits per heavy atom. The zero-order chi connectivity index (χ0) is 26.1. The van der Waals surface area contributed by atoms with Gasteiger partial charge < -0.3 is 11.1 Å². The van der Waals surface area contributed by atoms with Crippen molar-refractivity contribution in [3.8, 4) is 0 Å². The number of nitrogens with two attached hydrogens (primary N) is 1. The summed E-state index contributed by atoms with van der Waals surface area (Å²) in [7, 11) is 0. The number of fused-ring (bicyclic) bond motifs is 7. The summed E-state index contributed by atoms with van der Waals surface area (Å²) in [5.74, 6) is 2.12. The van der Waals surface area contributed by atoms with E-state index in [9.17, 15) is 0 Å². The lowest BCUT2D eigenvalue weighted by Gasteiger charge is -2.56. The van der Waals surface area contributed by atoms with Crippen LogP contribution in [-0.2, 0) is 6.42 Å². The highest BCUT2D eigenvalue weighted by Gasteiger charge is 2.58. The minimum atomic E-state index is 0.159. The lowest BCUT2D eigenvalue weighted by Crippen LogP contribution is -2.49. The molecule has 4 N–H and O–H groups in total. The van der Waals surface area contributed by atoms with Crippen LogP contribution in [0.25, 0.3) is 5.57 Å². The SMILES string of the molecule is Cc1cc(C)c(Nc2nc3c(s2)C2=CC[C@@H]4[C@H](CC[C@]5(C)/C(=N/NC(N)=S)CC[C@@H]45)[C@@]2(C)CC3)c(C)c1. The summed E-state index contributed by atoms with van der Waals surface area (Å²) in [6.07, 6.45) is 10.8. The lowest BCUT2D eigenvalue weighted by atomic mass is 9.48. The van der Waals surface area contributed by atoms with E-state index >= 15 is 0 Å². The van der Waals surface area contributed by atoms with Crippen molar-refractivity contribution in [2.75, 3.05) is 5.32 Å². The van der Waals surface area contributed by atoms with E-state index in [2.05, 4.69) is 68.7 Å². The molecule has 1 aromatic carbocycles. The summed E-state index contributed by atoms with van der Waals surface area (Å²) in [4.78, 5) is 6.54. The first-order valence-corrected chi connectivity index (χ1v) is 15.0. The maximum absolute atomic E-state index is 5.68. The van der Waals surface area contributed by atoms with Crippen LogP contribution in [0.2, 0.25) is 0 Å². The van der Waals surface area contributed by atoms with Gasteiger partial charge >= 0.3 is 0 Å². The normalized spacial score (nSPS) is 33.2. The van der Waals surface area contributed by atoms with E-state index in [1.54, 1.807) is 5.57 Å². The molecule has 1 aromatic heterocycles. The zero-order valence-electron chi connectivity index (χ0n) is 22.7. The maximum atomic E-state index is 5.68. The molecule has 2 aromatic rings. The van der Waals surface area contributed by atoms with Crippen LogP contribution in [0.4, 0.5) is 10.8 Å². The van der Waals surface area contributed by atoms with Crippen LogP contribution in [0, 0.1) is 49.4 Å². The van der Waals surface area contributed by atoms with Crippen molar-refractivity contribution in [1.82, 2.24) is 10.4 Å². The van der Waals surface area contributed by atoms with Crippen molar-refractivity contribution < 1.29 is 0 Å². The van der Waals surface area contributed by atoms with Gasteiger partial charge in [-0.25, -0.2) is 4.98 Å². The van der Waals surface area contributed by atoms with Crippen LogP contribution < -0.4 is 16.5 Å². The lowest BCUT2D eigenvalue weighted by molar-refractivity contribution is 0.0116. The first kappa shape index (κ1) is 25.1. The molecule has 0 aliphatic heterocycles. The minimum absolute atomic E-state index is 0.159.